The average Bonchev–Trinajstić information content (AvgIpc) is 3.36. The van der Waals surface area contributed by atoms with Gasteiger partial charge in [0.1, 0.15) is 43.2 Å². The van der Waals surface area contributed by atoms with E-state index in [0.717, 1.165) is 52.0 Å². The zero-order valence-electron chi connectivity index (χ0n) is 44.6. The minimum Gasteiger partial charge on any atom is -1.00 e. The number of ether oxygens (including phenoxy) is 2. The van der Waals surface area contributed by atoms with Crippen molar-refractivity contribution in [3.05, 3.63) is 0 Å². The number of aliphatic hydroxyl groups excluding tert-OH is 8. The van der Waals surface area contributed by atoms with Gasteiger partial charge in [-0.2, -0.15) is 0 Å². The van der Waals surface area contributed by atoms with Crippen LogP contribution in [-0.2, 0) is 47.8 Å². The van der Waals surface area contributed by atoms with Crippen LogP contribution in [-0.4, -0.2) is 201 Å². The fraction of sp³-hybridized carbons (Fsp3) is 0.818. The van der Waals surface area contributed by atoms with Crippen LogP contribution < -0.4 is 87.1 Å². The predicted octanol–water partition coefficient (Wildman–Crippen LogP) is -15.0. The molecule has 0 bridgehead atoms. The number of methoxy groups -OCH3 is 2. The third-order valence-corrected chi connectivity index (χ3v) is 10.7. The standard InChI is InChI=1S/C21H39N3O8.C13H21NO10.2C5H13N.2ClH.Na.2H2O/c1-5-12(3)9-22-15(26)8-7-14(25)17(28)18(29)19(30)20(31)21(32)24-11-16(27)23-10-13(4)6-2;1-23-7(16)4-3-6(15)9(18)10(19)11(20)12(21)13(22)14-5-8(17)24-2;2*1-3-5(2)4-6;;;;;/h12-13,17-20,28-31H,5-11H2,1-4H3,(H,22,26)(H,23,27)(H,24,32);9-12,18-21H,3-5H2,1-2H3,(H,14,22);2*5H,3-4,6H2,1-2H3;2*1H;;2*1H2/q;;;;;;+1;;/p-1/t12?,13?,17-,18-,19+,20-;9-,10-,11+,12-;;;;;;;/m11......./s1. The molecule has 0 radical (unpaired) electrons. The van der Waals surface area contributed by atoms with Crippen LogP contribution >= 0.6 is 0 Å². The number of carbonyl (C=O) groups is 8. The monoisotopic (exact) mass is 1120 g/mol. The molecule has 0 saturated carbocycles. The Balaban J connectivity index is -0.000000126. The molecular weight excluding hydrogens is 1030 g/mol. The van der Waals surface area contributed by atoms with E-state index in [1.54, 1.807) is 0 Å². The van der Waals surface area contributed by atoms with E-state index in [2.05, 4.69) is 64.6 Å². The van der Waals surface area contributed by atoms with Crippen molar-refractivity contribution < 1.29 is 165 Å². The zero-order valence-corrected chi connectivity index (χ0v) is 48.1. The Morgan fingerprint density at radius 1 is 0.452 bits per heavy atom. The second-order valence-corrected chi connectivity index (χ2v) is 16.5. The molecule has 0 aliphatic heterocycles. The third-order valence-electron chi connectivity index (χ3n) is 10.7. The van der Waals surface area contributed by atoms with Crippen LogP contribution in [0.15, 0.2) is 0 Å². The Kier molecular flexibility index (Phi) is 66.5. The molecule has 73 heavy (non-hydrogen) atoms. The van der Waals surface area contributed by atoms with Crippen LogP contribution in [0, 0.1) is 23.7 Å². The number of amides is 4. The summed E-state index contributed by atoms with van der Waals surface area (Å²) in [6, 6.07) is 0. The maximum atomic E-state index is 12.0. The zero-order chi connectivity index (χ0) is 53.7. The number of Topliss-reactive ketones (excluding diaryl/α,β-unsaturated/α-hetero) is 2. The smallest absolute Gasteiger partial charge is 1.00 e. The van der Waals surface area contributed by atoms with Gasteiger partial charge in [0, 0.05) is 44.2 Å². The van der Waals surface area contributed by atoms with Crippen molar-refractivity contribution >= 4 is 47.1 Å². The van der Waals surface area contributed by atoms with Gasteiger partial charge in [0.15, 0.2) is 23.8 Å². The van der Waals surface area contributed by atoms with Crippen molar-refractivity contribution in [2.24, 2.45) is 23.7 Å². The summed E-state index contributed by atoms with van der Waals surface area (Å²) in [4.78, 5) is 92.1. The molecule has 0 fully saturated rings. The Bertz CT molecular complexity index is 1360. The summed E-state index contributed by atoms with van der Waals surface area (Å²) in [6.45, 7) is 18.6. The summed E-state index contributed by atoms with van der Waals surface area (Å²) < 4.78 is 8.54. The number of rotatable bonds is 30. The van der Waals surface area contributed by atoms with Gasteiger partial charge < -0.3 is 119 Å². The fourth-order valence-electron chi connectivity index (χ4n) is 4.33. The summed E-state index contributed by atoms with van der Waals surface area (Å²) in [5.74, 6) is -4.54. The Morgan fingerprint density at radius 2 is 0.753 bits per heavy atom. The third kappa shape index (κ3) is 45.2. The first kappa shape index (κ1) is 89.8. The van der Waals surface area contributed by atoms with E-state index < -0.39 is 122 Å². The molecule has 0 heterocycles. The average molecular weight is 1120 g/mol. The van der Waals surface area contributed by atoms with Gasteiger partial charge in [0.25, 0.3) is 11.8 Å². The number of quaternary nitrogens is 2. The van der Waals surface area contributed by atoms with Crippen LogP contribution in [0.3, 0.4) is 0 Å². The Hall–Kier alpha value is -2.74. The molecule has 0 aromatic heterocycles. The molecule has 0 aliphatic carbocycles. The number of ketones is 2. The molecule has 0 aromatic carbocycles. The van der Waals surface area contributed by atoms with Crippen molar-refractivity contribution in [1.29, 1.82) is 0 Å². The van der Waals surface area contributed by atoms with Crippen molar-refractivity contribution in [1.82, 2.24) is 21.3 Å². The van der Waals surface area contributed by atoms with Crippen molar-refractivity contribution in [2.75, 3.05) is 53.5 Å². The number of carbonyl (C=O) groups excluding carboxylic acids is 8. The first-order valence-electron chi connectivity index (χ1n) is 23.0. The molecule has 0 saturated heterocycles. The van der Waals surface area contributed by atoms with E-state index in [1.807, 2.05) is 33.0 Å². The Labute approximate surface area is 464 Å². The molecule has 0 spiro atoms. The molecule has 26 nitrogen and oxygen atoms in total. The van der Waals surface area contributed by atoms with Gasteiger partial charge in [-0.15, -0.1) is 0 Å². The minimum atomic E-state index is -2.22. The van der Waals surface area contributed by atoms with Crippen LogP contribution in [0.1, 0.15) is 107 Å². The van der Waals surface area contributed by atoms with Crippen molar-refractivity contribution in [3.63, 3.8) is 0 Å². The second-order valence-electron chi connectivity index (χ2n) is 16.5. The molecule has 4 amide bonds. The molecular formula is C44H91Cl2N6NaO20. The van der Waals surface area contributed by atoms with Gasteiger partial charge in [-0.3, -0.25) is 38.4 Å². The van der Waals surface area contributed by atoms with Crippen molar-refractivity contribution in [2.45, 2.75) is 156 Å². The summed E-state index contributed by atoms with van der Waals surface area (Å²) in [6.07, 6.45) is -14.5. The van der Waals surface area contributed by atoms with E-state index >= 15 is 0 Å². The summed E-state index contributed by atoms with van der Waals surface area (Å²) in [5.41, 5.74) is 7.51. The van der Waals surface area contributed by atoms with Crippen LogP contribution in [0.4, 0.5) is 0 Å². The van der Waals surface area contributed by atoms with Crippen molar-refractivity contribution in [3.8, 4) is 0 Å². The minimum absolute atomic E-state index is 0. The molecule has 432 valence electrons. The quantitative estimate of drug-likeness (QED) is 0.0235. The van der Waals surface area contributed by atoms with Gasteiger partial charge >= 0.3 is 41.5 Å². The summed E-state index contributed by atoms with van der Waals surface area (Å²) in [7, 11) is 2.17. The second kappa shape index (κ2) is 54.1. The number of aliphatic hydroxyl groups is 8. The fourth-order valence-corrected chi connectivity index (χ4v) is 4.33. The van der Waals surface area contributed by atoms with E-state index in [4.69, 9.17) is 0 Å². The van der Waals surface area contributed by atoms with Crippen LogP contribution in [0.5, 0.6) is 0 Å². The normalized spacial score (nSPS) is 14.8. The van der Waals surface area contributed by atoms with Gasteiger partial charge in [-0.05, 0) is 24.7 Å². The van der Waals surface area contributed by atoms with Gasteiger partial charge in [-0.25, -0.2) is 0 Å². The molecule has 0 aromatic rings. The van der Waals surface area contributed by atoms with Crippen LogP contribution in [0.25, 0.3) is 0 Å². The first-order chi connectivity index (χ1) is 31.7. The molecule has 0 rings (SSSR count). The number of hydrogen-bond acceptors (Lipinski definition) is 19. The summed E-state index contributed by atoms with van der Waals surface area (Å²) >= 11 is 0. The first-order valence-corrected chi connectivity index (χ1v) is 23.0. The maximum absolute atomic E-state index is 12.0. The SMILES string of the molecule is CCC(C)CNC(=O)CCC(=O)[C@@H](O)[C@@H](O)[C@H](O)[C@@H](O)C(=O)NCC(=O)NCC(C)CC.CCC(C)C[NH3+].CCC(C)C[NH3+].COC(=O)CCC(=O)[C@@H](O)[C@@H](O)[C@H](O)[C@@H](O)C(=O)NCC(=O)OC.O.[Cl-].[Cl-].[Na+].[OH-]. The molecule has 21 N–H and O–H groups in total. The number of nitrogens with one attached hydrogen (secondary N) is 4. The van der Waals surface area contributed by atoms with E-state index in [9.17, 15) is 79.2 Å². The number of hydrogen-bond donors (Lipinski definition) is 14. The Morgan fingerprint density at radius 3 is 1.05 bits per heavy atom. The molecule has 29 heteroatoms. The van der Waals surface area contributed by atoms with Gasteiger partial charge in [-0.1, -0.05) is 68.2 Å². The van der Waals surface area contributed by atoms with E-state index in [1.165, 1.54) is 12.8 Å². The summed E-state index contributed by atoms with van der Waals surface area (Å²) in [5, 5.41) is 87.4. The topological polar surface area (TPSA) is 482 Å². The molecule has 0 aliphatic rings. The molecule has 12 atom stereocenters. The molecule has 4 unspecified atom stereocenters. The van der Waals surface area contributed by atoms with E-state index in [-0.39, 0.29) is 90.0 Å². The predicted molar refractivity (Wildman–Crippen MR) is 251 cm³/mol. The maximum Gasteiger partial charge on any atom is 1.00 e. The number of esters is 2. The van der Waals surface area contributed by atoms with Gasteiger partial charge in [0.05, 0.1) is 40.3 Å². The van der Waals surface area contributed by atoms with Gasteiger partial charge in [0.2, 0.25) is 11.8 Å². The number of halogens is 2. The van der Waals surface area contributed by atoms with Crippen LogP contribution in [0.2, 0.25) is 0 Å². The largest absolute Gasteiger partial charge is 1.00 e. The van der Waals surface area contributed by atoms with E-state index in [0.29, 0.717) is 13.1 Å².